The van der Waals surface area contributed by atoms with Crippen LogP contribution in [-0.4, -0.2) is 68.1 Å². The molecule has 0 saturated carbocycles. The van der Waals surface area contributed by atoms with E-state index in [1.807, 2.05) is 0 Å². The minimum absolute atomic E-state index is 0.765. The van der Waals surface area contributed by atoms with Crippen LogP contribution in [0.4, 0.5) is 0 Å². The van der Waals surface area contributed by atoms with E-state index in [1.165, 1.54) is 0 Å². The molecule has 2 aliphatic heterocycles. The van der Waals surface area contributed by atoms with E-state index in [0.717, 1.165) is 0 Å². The van der Waals surface area contributed by atoms with E-state index in [2.05, 4.69) is 5.32 Å². The fourth-order valence-corrected chi connectivity index (χ4v) is 2.07. The quantitative estimate of drug-likeness (QED) is 0.234. The molecule has 0 radical (unpaired) electrons. The third-order valence-electron chi connectivity index (χ3n) is 2.91. The number of nitrogens with one attached hydrogen (secondary N) is 1. The zero-order chi connectivity index (χ0) is 9.75. The molecule has 6 heteroatoms. The second-order valence-electron chi connectivity index (χ2n) is 3.67. The zero-order valence-electron chi connectivity index (χ0n) is 6.78. The number of aliphatic hydroxyl groups excluding tert-OH is 5. The highest BCUT2D eigenvalue weighted by Crippen LogP contribution is 2.28. The monoisotopic (exact) mass is 191 g/mol. The van der Waals surface area contributed by atoms with Gasteiger partial charge in [0.2, 0.25) is 0 Å². The second-order valence-corrected chi connectivity index (χ2v) is 3.67. The summed E-state index contributed by atoms with van der Waals surface area (Å²) in [5.41, 5.74) is 0. The third kappa shape index (κ3) is 1.11. The molecule has 13 heavy (non-hydrogen) atoms. The largest absolute Gasteiger partial charge is 0.389 e. The van der Waals surface area contributed by atoms with Crippen LogP contribution >= 0.6 is 0 Å². The lowest BCUT2D eigenvalue weighted by Gasteiger charge is -2.35. The first-order valence-corrected chi connectivity index (χ1v) is 4.20. The Labute approximate surface area is 74.4 Å². The van der Waals surface area contributed by atoms with Gasteiger partial charge in [-0.05, 0) is 0 Å². The van der Waals surface area contributed by atoms with Crippen molar-refractivity contribution in [2.24, 2.45) is 0 Å². The smallest absolute Gasteiger partial charge is 0.109 e. The van der Waals surface area contributed by atoms with E-state index >= 15 is 0 Å². The Morgan fingerprint density at radius 3 is 1.23 bits per heavy atom. The maximum Gasteiger partial charge on any atom is 0.109 e. The summed E-state index contributed by atoms with van der Waals surface area (Å²) in [6.45, 7) is 0. The lowest BCUT2D eigenvalue weighted by Crippen LogP contribution is -2.62. The van der Waals surface area contributed by atoms with Gasteiger partial charge >= 0.3 is 0 Å². The Balaban J connectivity index is 2.26. The topological polar surface area (TPSA) is 113 Å². The highest BCUT2D eigenvalue weighted by molar-refractivity contribution is 5.12. The first-order chi connectivity index (χ1) is 6.04. The van der Waals surface area contributed by atoms with Gasteiger partial charge in [0.1, 0.15) is 18.3 Å². The number of fused-ring (bicyclic) bond motifs is 2. The molecule has 0 aliphatic carbocycles. The summed E-state index contributed by atoms with van der Waals surface area (Å²) >= 11 is 0. The lowest BCUT2D eigenvalue weighted by atomic mass is 9.96. The van der Waals surface area contributed by atoms with Gasteiger partial charge in [-0.2, -0.15) is 0 Å². The molecule has 2 bridgehead atoms. The number of hydrogen-bond acceptors (Lipinski definition) is 6. The Kier molecular flexibility index (Phi) is 2.06. The van der Waals surface area contributed by atoms with Crippen molar-refractivity contribution in [3.05, 3.63) is 0 Å². The van der Waals surface area contributed by atoms with Crippen molar-refractivity contribution >= 4 is 0 Å². The number of aliphatic hydroxyl groups is 5. The highest BCUT2D eigenvalue weighted by Gasteiger charge is 2.55. The highest BCUT2D eigenvalue weighted by atomic mass is 16.4. The van der Waals surface area contributed by atoms with E-state index in [4.69, 9.17) is 0 Å². The van der Waals surface area contributed by atoms with Crippen molar-refractivity contribution in [2.75, 3.05) is 0 Å². The molecule has 2 heterocycles. The Bertz CT molecular complexity index is 193. The average molecular weight is 191 g/mol. The number of hydrogen-bond donors (Lipinski definition) is 6. The molecule has 2 fully saturated rings. The van der Waals surface area contributed by atoms with Crippen LogP contribution < -0.4 is 5.32 Å². The molecule has 0 amide bonds. The molecule has 0 aromatic heterocycles. The summed E-state index contributed by atoms with van der Waals surface area (Å²) in [4.78, 5) is 0. The molecule has 2 rings (SSSR count). The van der Waals surface area contributed by atoms with Gasteiger partial charge in [0.25, 0.3) is 0 Å². The summed E-state index contributed by atoms with van der Waals surface area (Å²) in [5, 5.41) is 49.5. The van der Waals surface area contributed by atoms with Gasteiger partial charge < -0.3 is 30.8 Å². The van der Waals surface area contributed by atoms with Crippen LogP contribution in [0.5, 0.6) is 0 Å². The third-order valence-corrected chi connectivity index (χ3v) is 2.91. The minimum Gasteiger partial charge on any atom is -0.389 e. The Morgan fingerprint density at radius 2 is 0.846 bits per heavy atom. The molecule has 0 aromatic rings. The molecule has 7 atom stereocenters. The molecular weight excluding hydrogens is 178 g/mol. The van der Waals surface area contributed by atoms with E-state index in [9.17, 15) is 25.5 Å². The van der Waals surface area contributed by atoms with Crippen molar-refractivity contribution in [2.45, 2.75) is 42.6 Å². The lowest BCUT2D eigenvalue weighted by molar-refractivity contribution is -0.105. The van der Waals surface area contributed by atoms with Crippen LogP contribution in [-0.2, 0) is 0 Å². The van der Waals surface area contributed by atoms with Crippen LogP contribution in [0.15, 0.2) is 0 Å². The Morgan fingerprint density at radius 1 is 0.538 bits per heavy atom. The van der Waals surface area contributed by atoms with E-state index < -0.39 is 42.6 Å². The predicted octanol–water partition coefficient (Wildman–Crippen LogP) is -3.86. The van der Waals surface area contributed by atoms with Gasteiger partial charge in [-0.3, -0.25) is 0 Å². The van der Waals surface area contributed by atoms with E-state index in [1.54, 1.807) is 0 Å². The number of piperidine rings is 1. The van der Waals surface area contributed by atoms with Crippen molar-refractivity contribution in [1.82, 2.24) is 5.32 Å². The predicted molar refractivity (Wildman–Crippen MR) is 40.7 cm³/mol. The summed E-state index contributed by atoms with van der Waals surface area (Å²) < 4.78 is 0. The van der Waals surface area contributed by atoms with Gasteiger partial charge in [-0.25, -0.2) is 0 Å². The average Bonchev–Trinajstić information content (AvgIpc) is 2.38. The first kappa shape index (κ1) is 9.32. The molecule has 0 spiro atoms. The normalized spacial score (nSPS) is 61.2. The maximum atomic E-state index is 9.38. The molecule has 2 aliphatic rings. The summed E-state index contributed by atoms with van der Waals surface area (Å²) in [6.07, 6.45) is -6.11. The van der Waals surface area contributed by atoms with Crippen LogP contribution in [0.1, 0.15) is 0 Å². The van der Waals surface area contributed by atoms with Crippen LogP contribution in [0, 0.1) is 0 Å². The van der Waals surface area contributed by atoms with Gasteiger partial charge in [0.15, 0.2) is 0 Å². The van der Waals surface area contributed by atoms with Crippen molar-refractivity contribution < 1.29 is 25.5 Å². The molecular formula is C7H13NO5. The molecule has 6 nitrogen and oxygen atoms in total. The minimum atomic E-state index is -1.32. The first-order valence-electron chi connectivity index (χ1n) is 4.20. The van der Waals surface area contributed by atoms with E-state index in [0.29, 0.717) is 0 Å². The summed E-state index contributed by atoms with van der Waals surface area (Å²) in [5.74, 6) is 0. The standard InChI is InChI=1S/C7H13NO5/c9-3-1-5(11)7(13)6(12)2(8-1)4(3)10/h1-13H/t1-,2+,3+,4-,5-,6+,7?. The summed E-state index contributed by atoms with van der Waals surface area (Å²) in [6, 6.07) is -1.53. The van der Waals surface area contributed by atoms with Gasteiger partial charge in [-0.15, -0.1) is 0 Å². The van der Waals surface area contributed by atoms with Crippen LogP contribution in [0.3, 0.4) is 0 Å². The summed E-state index contributed by atoms with van der Waals surface area (Å²) in [7, 11) is 0. The van der Waals surface area contributed by atoms with Crippen molar-refractivity contribution in [1.29, 1.82) is 0 Å². The van der Waals surface area contributed by atoms with Crippen LogP contribution in [0.2, 0.25) is 0 Å². The fraction of sp³-hybridized carbons (Fsp3) is 1.00. The Hall–Kier alpha value is -0.240. The van der Waals surface area contributed by atoms with Crippen molar-refractivity contribution in [3.8, 4) is 0 Å². The fourth-order valence-electron chi connectivity index (χ4n) is 2.07. The van der Waals surface area contributed by atoms with Gasteiger partial charge in [0, 0.05) is 0 Å². The molecule has 2 saturated heterocycles. The maximum absolute atomic E-state index is 9.38. The molecule has 76 valence electrons. The van der Waals surface area contributed by atoms with Crippen molar-refractivity contribution in [3.63, 3.8) is 0 Å². The van der Waals surface area contributed by atoms with E-state index in [-0.39, 0.29) is 0 Å². The zero-order valence-corrected chi connectivity index (χ0v) is 6.78. The molecule has 6 N–H and O–H groups in total. The number of rotatable bonds is 0. The van der Waals surface area contributed by atoms with Crippen LogP contribution in [0.25, 0.3) is 0 Å². The second kappa shape index (κ2) is 2.88. The molecule has 0 aromatic carbocycles. The molecule has 1 unspecified atom stereocenters. The SMILES string of the molecule is OC1[C@@H](O)[C@H]2N[C@H]([C@H](O)[C@@H]2O)[C@H]1O. The van der Waals surface area contributed by atoms with Gasteiger partial charge in [0.05, 0.1) is 24.3 Å². The van der Waals surface area contributed by atoms with Gasteiger partial charge in [-0.1, -0.05) is 0 Å².